The van der Waals surface area contributed by atoms with E-state index in [-0.39, 0.29) is 38.4 Å². The lowest BCUT2D eigenvalue weighted by Gasteiger charge is -1.99. The van der Waals surface area contributed by atoms with Gasteiger partial charge in [-0.05, 0) is 60.1 Å². The van der Waals surface area contributed by atoms with Gasteiger partial charge < -0.3 is 15.8 Å². The number of carboxylic acid groups (broad SMARTS) is 1. The number of fused-ring (bicyclic) bond motifs is 2. The molecule has 5 N–H and O–H groups in total. The molecule has 37 heavy (non-hydrogen) atoms. The maximum atomic E-state index is 12.8. The summed E-state index contributed by atoms with van der Waals surface area (Å²) in [7, 11) is 0. The van der Waals surface area contributed by atoms with E-state index < -0.39 is 28.9 Å². The number of carbonyl (C=O) groups is 1. The summed E-state index contributed by atoms with van der Waals surface area (Å²) in [6.45, 7) is 0. The molecule has 0 aliphatic heterocycles. The van der Waals surface area contributed by atoms with E-state index in [9.17, 15) is 27.6 Å². The van der Waals surface area contributed by atoms with Gasteiger partial charge in [0.2, 0.25) is 5.28 Å². The molecular formula is C23H14Cl2F3N5O4. The lowest BCUT2D eigenvalue weighted by molar-refractivity contribution is 0.0698. The minimum Gasteiger partial charge on any atom is -0.478 e. The molecule has 0 spiro atoms. The van der Waals surface area contributed by atoms with Gasteiger partial charge in [0.15, 0.2) is 0 Å². The van der Waals surface area contributed by atoms with Gasteiger partial charge in [0.25, 0.3) is 5.56 Å². The number of nitrogens with two attached hydrogens (primary N) is 1. The lowest BCUT2D eigenvalue weighted by atomic mass is 10.2. The third kappa shape index (κ3) is 7.06. The molecule has 190 valence electrons. The summed E-state index contributed by atoms with van der Waals surface area (Å²) in [5.74, 6) is -2.55. The second kappa shape index (κ2) is 11.5. The topological polar surface area (TPSA) is 155 Å². The normalized spacial score (nSPS) is 10.3. The Labute approximate surface area is 214 Å². The van der Waals surface area contributed by atoms with Crippen molar-refractivity contribution in [2.75, 3.05) is 5.73 Å². The molecule has 0 radical (unpaired) electrons. The minimum atomic E-state index is -1.15. The Bertz CT molecular complexity index is 1740. The van der Waals surface area contributed by atoms with E-state index in [4.69, 9.17) is 34.0 Å². The van der Waals surface area contributed by atoms with Crippen molar-refractivity contribution in [2.24, 2.45) is 0 Å². The van der Waals surface area contributed by atoms with Crippen LogP contribution in [-0.2, 0) is 0 Å². The molecule has 14 heteroatoms. The van der Waals surface area contributed by atoms with Crippen molar-refractivity contribution >= 4 is 56.7 Å². The van der Waals surface area contributed by atoms with E-state index in [0.29, 0.717) is 10.9 Å². The Hall–Kier alpha value is -4.42. The van der Waals surface area contributed by atoms with E-state index in [2.05, 4.69) is 15.0 Å². The van der Waals surface area contributed by atoms with Crippen molar-refractivity contribution in [3.8, 4) is 0 Å². The second-order valence-electron chi connectivity index (χ2n) is 7.08. The van der Waals surface area contributed by atoms with Gasteiger partial charge in [0.05, 0.1) is 22.0 Å². The summed E-state index contributed by atoms with van der Waals surface area (Å²) in [6.07, 6.45) is 0. The van der Waals surface area contributed by atoms with Gasteiger partial charge in [0.1, 0.15) is 22.6 Å². The number of halogens is 5. The van der Waals surface area contributed by atoms with Gasteiger partial charge >= 0.3 is 11.7 Å². The zero-order valence-electron chi connectivity index (χ0n) is 18.2. The Morgan fingerprint density at radius 3 is 2.08 bits per heavy atom. The average molecular weight is 552 g/mol. The number of hydrogen-bond donors (Lipinski definition) is 4. The Balaban J connectivity index is 0.000000155. The molecule has 5 aromatic rings. The number of benzene rings is 3. The third-order valence-electron chi connectivity index (χ3n) is 4.53. The predicted molar refractivity (Wildman–Crippen MR) is 132 cm³/mol. The first-order chi connectivity index (χ1) is 17.4. The number of nitrogen functional groups attached to an aromatic ring is 1. The van der Waals surface area contributed by atoms with Crippen molar-refractivity contribution in [1.82, 2.24) is 19.9 Å². The van der Waals surface area contributed by atoms with Crippen LogP contribution < -0.4 is 17.0 Å². The number of nitrogens with zero attached hydrogens (tertiary/aromatic N) is 2. The zero-order valence-corrected chi connectivity index (χ0v) is 19.7. The summed E-state index contributed by atoms with van der Waals surface area (Å²) >= 11 is 11.3. The van der Waals surface area contributed by atoms with E-state index in [0.717, 1.165) is 30.3 Å². The molecule has 0 aliphatic carbocycles. The molecule has 0 saturated heterocycles. The maximum Gasteiger partial charge on any atom is 0.337 e. The number of nitrogens with one attached hydrogen (secondary N) is 2. The Morgan fingerprint density at radius 2 is 1.43 bits per heavy atom. The Kier molecular flexibility index (Phi) is 8.48. The van der Waals surface area contributed by atoms with Crippen molar-refractivity contribution in [3.05, 3.63) is 109 Å². The molecule has 2 heterocycles. The highest BCUT2D eigenvalue weighted by molar-refractivity contribution is 6.35. The lowest BCUT2D eigenvalue weighted by Crippen LogP contribution is -2.21. The fraction of sp³-hybridized carbons (Fsp3) is 0. The molecule has 0 saturated carbocycles. The standard InChI is InChI=1S/C8H3Cl2FN2.C8H5FN2O2.C7H6FNO2/c9-7-5-2-1-4(11)3-6(5)12-8(10)13-7;9-4-1-2-5-6(3-4)10-8(13)11-7(5)12;8-4-1-2-5(7(10)11)6(9)3-4/h1-3H;1-3H,(H2,10,11,12,13);1-3H,9H2,(H,10,11). The van der Waals surface area contributed by atoms with Crippen LogP contribution in [0, 0.1) is 17.5 Å². The fourth-order valence-electron chi connectivity index (χ4n) is 2.91. The largest absolute Gasteiger partial charge is 0.478 e. The molecule has 0 atom stereocenters. The molecular weight excluding hydrogens is 538 g/mol. The predicted octanol–water partition coefficient (Wildman–Crippen LogP) is 4.54. The smallest absolute Gasteiger partial charge is 0.337 e. The number of aromatic carboxylic acids is 1. The third-order valence-corrected chi connectivity index (χ3v) is 4.99. The molecule has 2 aromatic heterocycles. The van der Waals surface area contributed by atoms with Gasteiger partial charge in [-0.25, -0.2) is 32.7 Å². The van der Waals surface area contributed by atoms with Crippen LogP contribution in [-0.4, -0.2) is 31.0 Å². The fourth-order valence-corrected chi connectivity index (χ4v) is 3.37. The summed E-state index contributed by atoms with van der Waals surface area (Å²) in [5.41, 5.74) is 4.53. The number of H-pyrrole nitrogens is 2. The van der Waals surface area contributed by atoms with Gasteiger partial charge in [-0.2, -0.15) is 0 Å². The number of aromatic amines is 2. The molecule has 0 aliphatic rings. The molecule has 0 amide bonds. The first kappa shape index (κ1) is 27.2. The molecule has 0 bridgehead atoms. The first-order valence-electron chi connectivity index (χ1n) is 9.93. The SMILES string of the molecule is Fc1ccc2c(Cl)nc(Cl)nc2c1.Nc1cc(F)ccc1C(=O)O.O=c1[nH]c(=O)c2ccc(F)cc2[nH]1. The van der Waals surface area contributed by atoms with E-state index in [1.807, 2.05) is 4.98 Å². The number of rotatable bonds is 1. The Morgan fingerprint density at radius 1 is 0.838 bits per heavy atom. The number of aromatic nitrogens is 4. The number of anilines is 1. The summed E-state index contributed by atoms with van der Waals surface area (Å²) in [6, 6.07) is 10.8. The van der Waals surface area contributed by atoms with E-state index >= 15 is 0 Å². The van der Waals surface area contributed by atoms with E-state index in [1.165, 1.54) is 24.3 Å². The molecule has 0 unspecified atom stereocenters. The minimum absolute atomic E-state index is 0.0168. The highest BCUT2D eigenvalue weighted by Crippen LogP contribution is 2.22. The van der Waals surface area contributed by atoms with E-state index in [1.54, 1.807) is 0 Å². The van der Waals surface area contributed by atoms with Crippen molar-refractivity contribution in [3.63, 3.8) is 0 Å². The average Bonchev–Trinajstić information content (AvgIpc) is 2.78. The first-order valence-corrected chi connectivity index (χ1v) is 10.7. The van der Waals surface area contributed by atoms with Crippen LogP contribution in [0.1, 0.15) is 10.4 Å². The van der Waals surface area contributed by atoms with Gasteiger partial charge in [-0.15, -0.1) is 0 Å². The van der Waals surface area contributed by atoms with Crippen LogP contribution in [0.2, 0.25) is 10.4 Å². The number of carboxylic acids is 1. The maximum absolute atomic E-state index is 12.8. The summed E-state index contributed by atoms with van der Waals surface area (Å²) < 4.78 is 37.8. The van der Waals surface area contributed by atoms with Crippen LogP contribution in [0.25, 0.3) is 21.8 Å². The van der Waals surface area contributed by atoms with Crippen LogP contribution in [0.15, 0.2) is 64.2 Å². The van der Waals surface area contributed by atoms with Crippen LogP contribution in [0.5, 0.6) is 0 Å². The second-order valence-corrected chi connectivity index (χ2v) is 7.78. The molecule has 5 rings (SSSR count). The van der Waals surface area contributed by atoms with Crippen molar-refractivity contribution < 1.29 is 23.1 Å². The van der Waals surface area contributed by atoms with Gasteiger partial charge in [-0.1, -0.05) is 11.6 Å². The van der Waals surface area contributed by atoms with Crippen molar-refractivity contribution in [2.45, 2.75) is 0 Å². The zero-order chi connectivity index (χ0) is 27.3. The van der Waals surface area contributed by atoms with Gasteiger partial charge in [-0.3, -0.25) is 9.78 Å². The van der Waals surface area contributed by atoms with Crippen LogP contribution >= 0.6 is 23.2 Å². The van der Waals surface area contributed by atoms with Crippen molar-refractivity contribution in [1.29, 1.82) is 0 Å². The summed E-state index contributed by atoms with van der Waals surface area (Å²) in [4.78, 5) is 44.1. The van der Waals surface area contributed by atoms with Crippen LogP contribution in [0.3, 0.4) is 0 Å². The quantitative estimate of drug-likeness (QED) is 0.135. The highest BCUT2D eigenvalue weighted by Gasteiger charge is 2.07. The molecule has 0 fully saturated rings. The molecule has 9 nitrogen and oxygen atoms in total. The number of hydrogen-bond acceptors (Lipinski definition) is 6. The highest BCUT2D eigenvalue weighted by atomic mass is 35.5. The molecule has 3 aromatic carbocycles. The van der Waals surface area contributed by atoms with Gasteiger partial charge in [0, 0.05) is 17.1 Å². The van der Waals surface area contributed by atoms with Crippen LogP contribution in [0.4, 0.5) is 18.9 Å². The summed E-state index contributed by atoms with van der Waals surface area (Å²) in [5, 5.41) is 9.56. The monoisotopic (exact) mass is 551 g/mol.